The zero-order valence-electron chi connectivity index (χ0n) is 14.5. The lowest BCUT2D eigenvalue weighted by Crippen LogP contribution is -2.19. The predicted octanol–water partition coefficient (Wildman–Crippen LogP) is 5.47. The van der Waals surface area contributed by atoms with E-state index in [2.05, 4.69) is 19.2 Å². The number of halogens is 3. The maximum atomic E-state index is 13.1. The molecule has 136 valence electrons. The van der Waals surface area contributed by atoms with Crippen molar-refractivity contribution in [2.45, 2.75) is 27.0 Å². The smallest absolute Gasteiger partial charge is 0.180 e. The van der Waals surface area contributed by atoms with Crippen LogP contribution in [0, 0.1) is 11.7 Å². The summed E-state index contributed by atoms with van der Waals surface area (Å²) >= 11 is 12.4. The Morgan fingerprint density at radius 1 is 1.12 bits per heavy atom. The van der Waals surface area contributed by atoms with Gasteiger partial charge >= 0.3 is 0 Å². The van der Waals surface area contributed by atoms with Gasteiger partial charge in [0.2, 0.25) is 0 Å². The molecule has 0 aliphatic rings. The minimum absolute atomic E-state index is 0.167. The molecule has 0 atom stereocenters. The largest absolute Gasteiger partial charge is 0.493 e. The molecule has 0 fully saturated rings. The normalized spacial score (nSPS) is 11.0. The second-order valence-corrected chi connectivity index (χ2v) is 6.97. The first-order valence-electron chi connectivity index (χ1n) is 8.04. The van der Waals surface area contributed by atoms with Crippen molar-refractivity contribution in [3.05, 3.63) is 57.3 Å². The highest BCUT2D eigenvalue weighted by atomic mass is 35.5. The van der Waals surface area contributed by atoms with Gasteiger partial charge in [0, 0.05) is 12.1 Å². The standard InChI is InChI=1S/C19H22Cl2FNO2/c1-12(2)9-23-10-13-6-17(21)19(18(7-13)24-3)25-11-14-4-5-15(22)8-16(14)20/h4-8,12,23H,9-11H2,1-3H3. The highest BCUT2D eigenvalue weighted by Gasteiger charge is 2.13. The first kappa shape index (κ1) is 19.8. The van der Waals surface area contributed by atoms with E-state index in [1.54, 1.807) is 13.2 Å². The lowest BCUT2D eigenvalue weighted by atomic mass is 10.1. The van der Waals surface area contributed by atoms with Gasteiger partial charge in [0.15, 0.2) is 11.5 Å². The van der Waals surface area contributed by atoms with E-state index in [0.29, 0.717) is 39.6 Å². The van der Waals surface area contributed by atoms with Crippen molar-refractivity contribution in [3.8, 4) is 11.5 Å². The maximum absolute atomic E-state index is 13.1. The molecule has 0 radical (unpaired) electrons. The molecule has 25 heavy (non-hydrogen) atoms. The molecule has 0 bridgehead atoms. The van der Waals surface area contributed by atoms with Crippen LogP contribution in [-0.2, 0) is 13.2 Å². The number of benzene rings is 2. The first-order chi connectivity index (χ1) is 11.9. The minimum atomic E-state index is -0.386. The molecule has 3 nitrogen and oxygen atoms in total. The van der Waals surface area contributed by atoms with Gasteiger partial charge in [0.1, 0.15) is 12.4 Å². The fourth-order valence-electron chi connectivity index (χ4n) is 2.31. The Morgan fingerprint density at radius 3 is 2.52 bits per heavy atom. The number of hydrogen-bond acceptors (Lipinski definition) is 3. The lowest BCUT2D eigenvalue weighted by molar-refractivity contribution is 0.284. The molecule has 0 saturated heterocycles. The maximum Gasteiger partial charge on any atom is 0.180 e. The van der Waals surface area contributed by atoms with Crippen LogP contribution in [0.1, 0.15) is 25.0 Å². The third-order valence-electron chi connectivity index (χ3n) is 3.56. The van der Waals surface area contributed by atoms with Crippen molar-refractivity contribution in [1.29, 1.82) is 0 Å². The van der Waals surface area contributed by atoms with Crippen LogP contribution in [0.25, 0.3) is 0 Å². The van der Waals surface area contributed by atoms with E-state index in [1.807, 2.05) is 12.1 Å². The van der Waals surface area contributed by atoms with Gasteiger partial charge in [-0.15, -0.1) is 0 Å². The van der Waals surface area contributed by atoms with Gasteiger partial charge in [-0.25, -0.2) is 4.39 Å². The molecule has 2 aromatic carbocycles. The molecule has 2 aromatic rings. The van der Waals surface area contributed by atoms with Crippen LogP contribution < -0.4 is 14.8 Å². The molecule has 0 spiro atoms. The average molecular weight is 386 g/mol. The van der Waals surface area contributed by atoms with Crippen LogP contribution in [-0.4, -0.2) is 13.7 Å². The van der Waals surface area contributed by atoms with Gasteiger partial charge in [-0.2, -0.15) is 0 Å². The molecule has 0 unspecified atom stereocenters. The summed E-state index contributed by atoms with van der Waals surface area (Å²) in [4.78, 5) is 0. The van der Waals surface area contributed by atoms with Gasteiger partial charge in [-0.3, -0.25) is 0 Å². The third-order valence-corrected chi connectivity index (χ3v) is 4.19. The molecule has 6 heteroatoms. The zero-order valence-corrected chi connectivity index (χ0v) is 16.0. The third kappa shape index (κ3) is 5.77. The van der Waals surface area contributed by atoms with Crippen molar-refractivity contribution in [1.82, 2.24) is 5.32 Å². The molecule has 0 aliphatic heterocycles. The van der Waals surface area contributed by atoms with Crippen LogP contribution in [0.5, 0.6) is 11.5 Å². The SMILES string of the molecule is COc1cc(CNCC(C)C)cc(Cl)c1OCc1ccc(F)cc1Cl. The fraction of sp³-hybridized carbons (Fsp3) is 0.368. The molecule has 0 aromatic heterocycles. The molecular formula is C19H22Cl2FNO2. The molecule has 0 aliphatic carbocycles. The predicted molar refractivity (Wildman–Crippen MR) is 100 cm³/mol. The fourth-order valence-corrected chi connectivity index (χ4v) is 2.82. The number of methoxy groups -OCH3 is 1. The highest BCUT2D eigenvalue weighted by Crippen LogP contribution is 2.37. The molecule has 2 rings (SSSR count). The van der Waals surface area contributed by atoms with Crippen LogP contribution in [0.2, 0.25) is 10.0 Å². The Labute approximate surface area is 158 Å². The minimum Gasteiger partial charge on any atom is -0.493 e. The number of ether oxygens (including phenoxy) is 2. The van der Waals surface area contributed by atoms with Gasteiger partial charge in [0.25, 0.3) is 0 Å². The van der Waals surface area contributed by atoms with Crippen molar-refractivity contribution >= 4 is 23.2 Å². The van der Waals surface area contributed by atoms with Crippen molar-refractivity contribution < 1.29 is 13.9 Å². The van der Waals surface area contributed by atoms with Gasteiger partial charge in [0.05, 0.1) is 17.2 Å². The average Bonchev–Trinajstić information content (AvgIpc) is 2.54. The van der Waals surface area contributed by atoms with Crippen molar-refractivity contribution in [3.63, 3.8) is 0 Å². The van der Waals surface area contributed by atoms with E-state index >= 15 is 0 Å². The van der Waals surface area contributed by atoms with E-state index in [-0.39, 0.29) is 12.4 Å². The summed E-state index contributed by atoms with van der Waals surface area (Å²) in [5.41, 5.74) is 1.68. The summed E-state index contributed by atoms with van der Waals surface area (Å²) in [7, 11) is 1.56. The summed E-state index contributed by atoms with van der Waals surface area (Å²) in [6.07, 6.45) is 0. The zero-order chi connectivity index (χ0) is 18.4. The van der Waals surface area contributed by atoms with Crippen molar-refractivity contribution in [2.24, 2.45) is 5.92 Å². The Kier molecular flexibility index (Phi) is 7.36. The summed E-state index contributed by atoms with van der Waals surface area (Å²) in [6, 6.07) is 7.91. The summed E-state index contributed by atoms with van der Waals surface area (Å²) in [5, 5.41) is 4.13. The van der Waals surface area contributed by atoms with Gasteiger partial charge < -0.3 is 14.8 Å². The lowest BCUT2D eigenvalue weighted by Gasteiger charge is -2.15. The Morgan fingerprint density at radius 2 is 1.88 bits per heavy atom. The number of rotatable bonds is 8. The molecule has 1 N–H and O–H groups in total. The van der Waals surface area contributed by atoms with Crippen LogP contribution in [0.15, 0.2) is 30.3 Å². The van der Waals surface area contributed by atoms with E-state index in [1.165, 1.54) is 12.1 Å². The second-order valence-electron chi connectivity index (χ2n) is 6.16. The van der Waals surface area contributed by atoms with Crippen LogP contribution in [0.3, 0.4) is 0 Å². The monoisotopic (exact) mass is 385 g/mol. The summed E-state index contributed by atoms with van der Waals surface area (Å²) in [5.74, 6) is 1.17. The first-order valence-corrected chi connectivity index (χ1v) is 8.80. The van der Waals surface area contributed by atoms with E-state index in [0.717, 1.165) is 12.1 Å². The van der Waals surface area contributed by atoms with E-state index in [9.17, 15) is 4.39 Å². The van der Waals surface area contributed by atoms with Crippen LogP contribution in [0.4, 0.5) is 4.39 Å². The molecule has 0 saturated carbocycles. The quantitative estimate of drug-likeness (QED) is 0.653. The summed E-state index contributed by atoms with van der Waals surface area (Å²) < 4.78 is 24.3. The number of hydrogen-bond donors (Lipinski definition) is 1. The molecular weight excluding hydrogens is 364 g/mol. The Balaban J connectivity index is 2.11. The number of nitrogens with one attached hydrogen (secondary N) is 1. The van der Waals surface area contributed by atoms with Gasteiger partial charge in [-0.1, -0.05) is 43.1 Å². The van der Waals surface area contributed by atoms with Gasteiger partial charge in [-0.05, 0) is 42.3 Å². The van der Waals surface area contributed by atoms with E-state index < -0.39 is 0 Å². The van der Waals surface area contributed by atoms with E-state index in [4.69, 9.17) is 32.7 Å². The molecule has 0 heterocycles. The Hall–Kier alpha value is -1.49. The topological polar surface area (TPSA) is 30.5 Å². The second kappa shape index (κ2) is 9.27. The Bertz CT molecular complexity index is 723. The molecule has 0 amide bonds. The summed E-state index contributed by atoms with van der Waals surface area (Å²) in [6.45, 7) is 6.08. The van der Waals surface area contributed by atoms with Crippen LogP contribution >= 0.6 is 23.2 Å². The van der Waals surface area contributed by atoms with Crippen molar-refractivity contribution in [2.75, 3.05) is 13.7 Å². The highest BCUT2D eigenvalue weighted by molar-refractivity contribution is 6.32.